The fourth-order valence-corrected chi connectivity index (χ4v) is 10.1. The molecule has 0 bridgehead atoms. The average molecular weight is 670 g/mol. The lowest BCUT2D eigenvalue weighted by molar-refractivity contribution is 0.590. The molecule has 0 amide bonds. The van der Waals surface area contributed by atoms with Gasteiger partial charge in [0.05, 0.1) is 0 Å². The molecule has 0 atom stereocenters. The molecule has 250 valence electrons. The van der Waals surface area contributed by atoms with Crippen molar-refractivity contribution in [2.24, 2.45) is 0 Å². The predicted octanol–water partition coefficient (Wildman–Crippen LogP) is 9.08. The normalized spacial score (nSPS) is 15.4. The second-order valence-electron chi connectivity index (χ2n) is 19.5. The maximum atomic E-state index is 2.81. The molecule has 4 heterocycles. The Morgan fingerprint density at radius 2 is 0.880 bits per heavy atom. The third kappa shape index (κ3) is 4.49. The summed E-state index contributed by atoms with van der Waals surface area (Å²) in [6.07, 6.45) is 0. The van der Waals surface area contributed by atoms with Gasteiger partial charge in [0.2, 0.25) is 6.71 Å². The first-order valence-electron chi connectivity index (χ1n) is 18.6. The molecule has 0 saturated heterocycles. The van der Waals surface area contributed by atoms with Gasteiger partial charge in [-0.25, -0.2) is 0 Å². The summed E-state index contributed by atoms with van der Waals surface area (Å²) in [4.78, 5) is 5.61. The summed E-state index contributed by atoms with van der Waals surface area (Å²) in [6.45, 7) is 28.6. The van der Waals surface area contributed by atoms with Crippen molar-refractivity contribution in [1.82, 2.24) is 0 Å². The van der Waals surface area contributed by atoms with Crippen molar-refractivity contribution < 1.29 is 0 Å². The third-order valence-corrected chi connectivity index (χ3v) is 13.1. The van der Waals surface area contributed by atoms with Crippen LogP contribution in [-0.2, 0) is 21.7 Å². The first-order valence-corrected chi connectivity index (χ1v) is 19.4. The van der Waals surface area contributed by atoms with Gasteiger partial charge >= 0.3 is 6.85 Å². The minimum atomic E-state index is 0.00839. The molecular formula is C46H49B2NS. The number of fused-ring (bicyclic) bond motifs is 9. The van der Waals surface area contributed by atoms with Gasteiger partial charge in [-0.15, -0.1) is 0 Å². The van der Waals surface area contributed by atoms with E-state index in [2.05, 4.69) is 167 Å². The van der Waals surface area contributed by atoms with Crippen LogP contribution in [0.15, 0.2) is 88.7 Å². The van der Waals surface area contributed by atoms with Crippen LogP contribution in [0.3, 0.4) is 0 Å². The van der Waals surface area contributed by atoms with Crippen LogP contribution < -0.4 is 32.1 Å². The molecule has 0 unspecified atom stereocenters. The fourth-order valence-electron chi connectivity index (χ4n) is 8.97. The highest BCUT2D eigenvalue weighted by atomic mass is 32.2. The Morgan fingerprint density at radius 1 is 0.420 bits per heavy atom. The molecule has 0 N–H and O–H groups in total. The topological polar surface area (TPSA) is 3.24 Å². The molecule has 4 heteroatoms. The number of benzene rings is 5. The molecular weight excluding hydrogens is 620 g/mol. The second kappa shape index (κ2) is 10.0. The van der Waals surface area contributed by atoms with Crippen molar-refractivity contribution in [2.75, 3.05) is 4.81 Å². The van der Waals surface area contributed by atoms with Crippen LogP contribution in [0.25, 0.3) is 22.3 Å². The van der Waals surface area contributed by atoms with E-state index in [1.165, 1.54) is 93.0 Å². The standard InChI is InChI=1S/C46H49B2NS/c1-43(2,3)26-13-16-30-32-18-20-39-40-42(32)49-41-33(31-17-14-27(44(4,5)6)23-35(31)48(49)34(30)22-26)21-29(46(10,11)12)25-37(41)47(40)36-24-28(45(7,8)9)15-19-38(36)50-39/h13-25H,1-12H3. The molecule has 4 aliphatic heterocycles. The molecule has 9 rings (SSSR count). The van der Waals surface area contributed by atoms with E-state index in [0.717, 1.165) is 0 Å². The van der Waals surface area contributed by atoms with Gasteiger partial charge in [-0.1, -0.05) is 161 Å². The van der Waals surface area contributed by atoms with E-state index in [4.69, 9.17) is 0 Å². The first kappa shape index (κ1) is 32.3. The minimum Gasteiger partial charge on any atom is -0.377 e. The van der Waals surface area contributed by atoms with E-state index in [1.807, 2.05) is 11.8 Å². The van der Waals surface area contributed by atoms with Gasteiger partial charge in [0.25, 0.3) is 0 Å². The van der Waals surface area contributed by atoms with Gasteiger partial charge in [0, 0.05) is 32.3 Å². The number of hydrogen-bond acceptors (Lipinski definition) is 2. The third-order valence-electron chi connectivity index (χ3n) is 11.9. The Bertz CT molecular complexity index is 2300. The summed E-state index contributed by atoms with van der Waals surface area (Å²) in [5.74, 6) is 0. The van der Waals surface area contributed by atoms with Crippen LogP contribution in [0.4, 0.5) is 11.4 Å². The van der Waals surface area contributed by atoms with Gasteiger partial charge in [-0.2, -0.15) is 0 Å². The van der Waals surface area contributed by atoms with Crippen molar-refractivity contribution in [3.8, 4) is 22.3 Å². The zero-order valence-electron chi connectivity index (χ0n) is 32.0. The van der Waals surface area contributed by atoms with Crippen LogP contribution in [0, 0.1) is 0 Å². The molecule has 0 aromatic heterocycles. The Balaban J connectivity index is 1.46. The van der Waals surface area contributed by atoms with Crippen LogP contribution >= 0.6 is 11.8 Å². The quantitative estimate of drug-likeness (QED) is 0.149. The summed E-state index contributed by atoms with van der Waals surface area (Å²) in [5.41, 5.74) is 21.5. The summed E-state index contributed by atoms with van der Waals surface area (Å²) < 4.78 is 0. The van der Waals surface area contributed by atoms with E-state index in [-0.39, 0.29) is 35.2 Å². The SMILES string of the molecule is CC(C)(C)c1ccc2c(c1)B1c3cc(C(C)(C)C)cc4c3N3B(c5cc(C(C)(C)C)ccc5-4)c4cc(C(C)(C)C)ccc4-c4ccc(c1c43)S2. The van der Waals surface area contributed by atoms with Crippen LogP contribution in [-0.4, -0.2) is 13.6 Å². The Morgan fingerprint density at radius 3 is 1.44 bits per heavy atom. The Labute approximate surface area is 305 Å². The summed E-state index contributed by atoms with van der Waals surface area (Å²) in [5, 5.41) is 0. The number of anilines is 2. The smallest absolute Gasteiger partial charge is 0.329 e. The summed E-state index contributed by atoms with van der Waals surface area (Å²) in [6, 6.07) is 32.2. The van der Waals surface area contributed by atoms with Gasteiger partial charge < -0.3 is 4.81 Å². The molecule has 0 radical (unpaired) electrons. The molecule has 4 aliphatic rings. The monoisotopic (exact) mass is 669 g/mol. The zero-order chi connectivity index (χ0) is 35.4. The summed E-state index contributed by atoms with van der Waals surface area (Å²) in [7, 11) is 0. The Kier molecular flexibility index (Phi) is 6.48. The number of hydrogen-bond donors (Lipinski definition) is 0. The summed E-state index contributed by atoms with van der Waals surface area (Å²) >= 11 is 1.97. The molecule has 1 nitrogen and oxygen atoms in total. The molecule has 5 aromatic rings. The lowest BCUT2D eigenvalue weighted by atomic mass is 9.31. The fraction of sp³-hybridized carbons (Fsp3) is 0.348. The van der Waals surface area contributed by atoms with Crippen molar-refractivity contribution in [1.29, 1.82) is 0 Å². The highest BCUT2D eigenvalue weighted by Crippen LogP contribution is 2.51. The molecule has 0 spiro atoms. The van der Waals surface area contributed by atoms with Crippen molar-refractivity contribution in [3.05, 3.63) is 101 Å². The van der Waals surface area contributed by atoms with E-state index in [9.17, 15) is 0 Å². The first-order chi connectivity index (χ1) is 23.3. The lowest BCUT2D eigenvalue weighted by Crippen LogP contribution is -2.69. The second-order valence-corrected chi connectivity index (χ2v) is 20.6. The molecule has 0 fully saturated rings. The van der Waals surface area contributed by atoms with Gasteiger partial charge in [-0.3, -0.25) is 0 Å². The van der Waals surface area contributed by atoms with Crippen LogP contribution in [0.5, 0.6) is 0 Å². The van der Waals surface area contributed by atoms with E-state index in [0.29, 0.717) is 0 Å². The largest absolute Gasteiger partial charge is 0.377 e. The number of rotatable bonds is 0. The Hall–Kier alpha value is -3.62. The lowest BCUT2D eigenvalue weighted by Gasteiger charge is -2.51. The van der Waals surface area contributed by atoms with E-state index < -0.39 is 0 Å². The highest BCUT2D eigenvalue weighted by molar-refractivity contribution is 8.00. The van der Waals surface area contributed by atoms with Crippen molar-refractivity contribution in [2.45, 2.75) is 115 Å². The van der Waals surface area contributed by atoms with Crippen LogP contribution in [0.2, 0.25) is 0 Å². The average Bonchev–Trinajstić information content (AvgIpc) is 3.03. The van der Waals surface area contributed by atoms with Gasteiger partial charge in [-0.05, 0) is 95.1 Å². The maximum absolute atomic E-state index is 2.81. The maximum Gasteiger partial charge on any atom is 0.329 e. The van der Waals surface area contributed by atoms with E-state index in [1.54, 1.807) is 0 Å². The number of nitrogens with zero attached hydrogens (tertiary/aromatic N) is 1. The predicted molar refractivity (Wildman–Crippen MR) is 221 cm³/mol. The zero-order valence-corrected chi connectivity index (χ0v) is 32.8. The molecule has 5 aromatic carbocycles. The van der Waals surface area contributed by atoms with Crippen molar-refractivity contribution >= 4 is 64.0 Å². The van der Waals surface area contributed by atoms with Gasteiger partial charge in [0.1, 0.15) is 0 Å². The molecule has 0 saturated carbocycles. The molecule has 0 aliphatic carbocycles. The highest BCUT2D eigenvalue weighted by Gasteiger charge is 2.51. The molecule has 50 heavy (non-hydrogen) atoms. The minimum absolute atomic E-state index is 0.00839. The van der Waals surface area contributed by atoms with Crippen molar-refractivity contribution in [3.63, 3.8) is 0 Å². The van der Waals surface area contributed by atoms with Crippen LogP contribution in [0.1, 0.15) is 105 Å². The van der Waals surface area contributed by atoms with E-state index >= 15 is 0 Å². The van der Waals surface area contributed by atoms with Gasteiger partial charge in [0.15, 0.2) is 0 Å².